The highest BCUT2D eigenvalue weighted by Crippen LogP contribution is 2.18. The largest absolute Gasteiger partial charge is 0.380 e. The van der Waals surface area contributed by atoms with Crippen LogP contribution in [0.2, 0.25) is 0 Å². The molecule has 0 bridgehead atoms. The number of rotatable bonds is 7. The summed E-state index contributed by atoms with van der Waals surface area (Å²) in [5.74, 6) is 0.839. The van der Waals surface area contributed by atoms with Crippen LogP contribution in [0.5, 0.6) is 0 Å². The molecule has 3 nitrogen and oxygen atoms in total. The molecule has 3 heteroatoms. The minimum absolute atomic E-state index is 0.838. The average molecular weight is 200 g/mol. The minimum atomic E-state index is 0.838. The smallest absolute Gasteiger partial charge is 0.0593 e. The normalized spacial score (nSPS) is 23.1. The SMILES string of the molecule is CCCOCCN1CCC(CCN)C1. The van der Waals surface area contributed by atoms with Gasteiger partial charge in [0.2, 0.25) is 0 Å². The first-order valence-corrected chi connectivity index (χ1v) is 5.87. The van der Waals surface area contributed by atoms with E-state index in [1.54, 1.807) is 0 Å². The van der Waals surface area contributed by atoms with Crippen molar-refractivity contribution >= 4 is 0 Å². The summed E-state index contributed by atoms with van der Waals surface area (Å²) in [4.78, 5) is 2.50. The predicted molar refractivity (Wildman–Crippen MR) is 59.3 cm³/mol. The molecule has 0 amide bonds. The molecule has 14 heavy (non-hydrogen) atoms. The Morgan fingerprint density at radius 1 is 1.43 bits per heavy atom. The lowest BCUT2D eigenvalue weighted by Gasteiger charge is -2.15. The fourth-order valence-corrected chi connectivity index (χ4v) is 2.03. The van der Waals surface area contributed by atoms with E-state index in [9.17, 15) is 0 Å². The van der Waals surface area contributed by atoms with Crippen molar-refractivity contribution in [3.8, 4) is 0 Å². The third-order valence-electron chi connectivity index (χ3n) is 2.85. The highest BCUT2D eigenvalue weighted by atomic mass is 16.5. The zero-order chi connectivity index (χ0) is 10.2. The molecule has 2 N–H and O–H groups in total. The van der Waals surface area contributed by atoms with Crippen LogP contribution in [0.25, 0.3) is 0 Å². The topological polar surface area (TPSA) is 38.5 Å². The quantitative estimate of drug-likeness (QED) is 0.625. The van der Waals surface area contributed by atoms with Gasteiger partial charge in [-0.25, -0.2) is 0 Å². The number of hydrogen-bond donors (Lipinski definition) is 1. The van der Waals surface area contributed by atoms with Crippen molar-refractivity contribution in [2.45, 2.75) is 26.2 Å². The van der Waals surface area contributed by atoms with Crippen molar-refractivity contribution < 1.29 is 4.74 Å². The van der Waals surface area contributed by atoms with E-state index < -0.39 is 0 Å². The summed E-state index contributed by atoms with van der Waals surface area (Å²) < 4.78 is 5.47. The lowest BCUT2D eigenvalue weighted by Crippen LogP contribution is -2.25. The number of ether oxygens (including phenoxy) is 1. The Bertz CT molecular complexity index is 141. The second-order valence-electron chi connectivity index (χ2n) is 4.15. The monoisotopic (exact) mass is 200 g/mol. The van der Waals surface area contributed by atoms with Gasteiger partial charge < -0.3 is 15.4 Å². The van der Waals surface area contributed by atoms with Crippen molar-refractivity contribution in [3.05, 3.63) is 0 Å². The van der Waals surface area contributed by atoms with Crippen LogP contribution in [0.1, 0.15) is 26.2 Å². The van der Waals surface area contributed by atoms with Crippen molar-refractivity contribution in [2.24, 2.45) is 11.7 Å². The minimum Gasteiger partial charge on any atom is -0.380 e. The van der Waals surface area contributed by atoms with Gasteiger partial charge in [0.15, 0.2) is 0 Å². The molecule has 1 aliphatic heterocycles. The molecule has 0 aromatic carbocycles. The van der Waals surface area contributed by atoms with E-state index in [0.29, 0.717) is 0 Å². The van der Waals surface area contributed by atoms with E-state index in [-0.39, 0.29) is 0 Å². The highest BCUT2D eigenvalue weighted by molar-refractivity contribution is 4.75. The molecule has 1 atom stereocenters. The van der Waals surface area contributed by atoms with Crippen molar-refractivity contribution in [3.63, 3.8) is 0 Å². The summed E-state index contributed by atoms with van der Waals surface area (Å²) in [6.45, 7) is 8.34. The van der Waals surface area contributed by atoms with Crippen molar-refractivity contribution in [1.29, 1.82) is 0 Å². The second kappa shape index (κ2) is 7.21. The third-order valence-corrected chi connectivity index (χ3v) is 2.85. The molecule has 1 aliphatic rings. The van der Waals surface area contributed by atoms with Gasteiger partial charge in [0.25, 0.3) is 0 Å². The molecule has 1 saturated heterocycles. The van der Waals surface area contributed by atoms with Crippen LogP contribution in [0, 0.1) is 5.92 Å². The van der Waals surface area contributed by atoms with Gasteiger partial charge in [0.1, 0.15) is 0 Å². The van der Waals surface area contributed by atoms with Gasteiger partial charge >= 0.3 is 0 Å². The van der Waals surface area contributed by atoms with Gasteiger partial charge in [0.05, 0.1) is 6.61 Å². The Hall–Kier alpha value is -0.120. The second-order valence-corrected chi connectivity index (χ2v) is 4.15. The Kier molecular flexibility index (Phi) is 6.15. The van der Waals surface area contributed by atoms with Gasteiger partial charge in [-0.05, 0) is 38.3 Å². The summed E-state index contributed by atoms with van der Waals surface area (Å²) in [6, 6.07) is 0. The van der Waals surface area contributed by atoms with E-state index in [1.165, 1.54) is 25.9 Å². The molecular formula is C11H24N2O. The summed E-state index contributed by atoms with van der Waals surface area (Å²) in [7, 11) is 0. The first-order valence-electron chi connectivity index (χ1n) is 5.87. The first-order chi connectivity index (χ1) is 6.86. The maximum atomic E-state index is 5.55. The molecule has 0 saturated carbocycles. The lowest BCUT2D eigenvalue weighted by atomic mass is 10.1. The van der Waals surface area contributed by atoms with Crippen molar-refractivity contribution in [1.82, 2.24) is 4.90 Å². The third kappa shape index (κ3) is 4.40. The molecule has 0 radical (unpaired) electrons. The molecule has 0 aliphatic carbocycles. The summed E-state index contributed by atoms with van der Waals surface area (Å²) in [5, 5.41) is 0. The fraction of sp³-hybridized carbons (Fsp3) is 1.00. The maximum absolute atomic E-state index is 5.55. The number of nitrogens with zero attached hydrogens (tertiary/aromatic N) is 1. The zero-order valence-electron chi connectivity index (χ0n) is 9.37. The summed E-state index contributed by atoms with van der Waals surface area (Å²) in [5.41, 5.74) is 5.55. The van der Waals surface area contributed by atoms with Gasteiger partial charge in [-0.1, -0.05) is 6.92 Å². The standard InChI is InChI=1S/C11H24N2O/c1-2-8-14-9-7-13-6-4-11(10-13)3-5-12/h11H,2-10,12H2,1H3. The Balaban J connectivity index is 1.98. The van der Waals surface area contributed by atoms with E-state index in [1.807, 2.05) is 0 Å². The van der Waals surface area contributed by atoms with Crippen LogP contribution < -0.4 is 5.73 Å². The number of hydrogen-bond acceptors (Lipinski definition) is 3. The van der Waals surface area contributed by atoms with Crippen LogP contribution >= 0.6 is 0 Å². The van der Waals surface area contributed by atoms with Gasteiger partial charge in [-0.2, -0.15) is 0 Å². The Morgan fingerprint density at radius 2 is 2.29 bits per heavy atom. The fourth-order valence-electron chi connectivity index (χ4n) is 2.03. The molecule has 84 valence electrons. The van der Waals surface area contributed by atoms with E-state index in [2.05, 4.69) is 11.8 Å². The van der Waals surface area contributed by atoms with Crippen LogP contribution in [0.3, 0.4) is 0 Å². The van der Waals surface area contributed by atoms with Crippen LogP contribution in [0.4, 0.5) is 0 Å². The van der Waals surface area contributed by atoms with Crippen LogP contribution in [-0.2, 0) is 4.74 Å². The maximum Gasteiger partial charge on any atom is 0.0593 e. The van der Waals surface area contributed by atoms with Crippen molar-refractivity contribution in [2.75, 3.05) is 39.4 Å². The summed E-state index contributed by atoms with van der Waals surface area (Å²) >= 11 is 0. The average Bonchev–Trinajstić information content (AvgIpc) is 2.61. The van der Waals surface area contributed by atoms with Gasteiger partial charge in [0, 0.05) is 19.7 Å². The summed E-state index contributed by atoms with van der Waals surface area (Å²) in [6.07, 6.45) is 3.63. The molecule has 1 heterocycles. The van der Waals surface area contributed by atoms with Crippen LogP contribution in [0.15, 0.2) is 0 Å². The molecule has 0 aromatic rings. The number of nitrogens with two attached hydrogens (primary N) is 1. The molecule has 1 rings (SSSR count). The first kappa shape index (κ1) is 12.0. The van der Waals surface area contributed by atoms with E-state index in [0.717, 1.165) is 38.6 Å². The molecule has 0 spiro atoms. The molecule has 0 aromatic heterocycles. The lowest BCUT2D eigenvalue weighted by molar-refractivity contribution is 0.110. The molecule has 1 unspecified atom stereocenters. The molecule has 1 fully saturated rings. The number of likely N-dealkylation sites (tertiary alicyclic amines) is 1. The van der Waals surface area contributed by atoms with Crippen LogP contribution in [-0.4, -0.2) is 44.3 Å². The Morgan fingerprint density at radius 3 is 3.00 bits per heavy atom. The van der Waals surface area contributed by atoms with E-state index in [4.69, 9.17) is 10.5 Å². The predicted octanol–water partition coefficient (Wildman–Crippen LogP) is 1.08. The molecular weight excluding hydrogens is 176 g/mol. The van der Waals surface area contributed by atoms with Gasteiger partial charge in [-0.15, -0.1) is 0 Å². The zero-order valence-corrected chi connectivity index (χ0v) is 9.37. The van der Waals surface area contributed by atoms with Gasteiger partial charge in [-0.3, -0.25) is 0 Å². The van der Waals surface area contributed by atoms with E-state index >= 15 is 0 Å². The highest BCUT2D eigenvalue weighted by Gasteiger charge is 2.20. The Labute approximate surface area is 87.6 Å².